The minimum atomic E-state index is -0.330. The molecule has 1 aromatic heterocycles. The molecule has 0 saturated heterocycles. The smallest absolute Gasteiger partial charge is 0.233 e. The van der Waals surface area contributed by atoms with Gasteiger partial charge in [0.1, 0.15) is 5.82 Å². The fraction of sp³-hybridized carbons (Fsp3) is 0.158. The topological polar surface area (TPSA) is 46.9 Å². The van der Waals surface area contributed by atoms with Gasteiger partial charge in [0.15, 0.2) is 5.16 Å². The van der Waals surface area contributed by atoms with E-state index in [0.717, 1.165) is 16.4 Å². The van der Waals surface area contributed by atoms with E-state index in [9.17, 15) is 9.18 Å². The predicted molar refractivity (Wildman–Crippen MR) is 102 cm³/mol. The van der Waals surface area contributed by atoms with E-state index in [1.807, 2.05) is 42.0 Å². The number of thioether (sulfide) groups is 1. The van der Waals surface area contributed by atoms with Crippen molar-refractivity contribution >= 4 is 29.3 Å². The van der Waals surface area contributed by atoms with Crippen LogP contribution < -0.4 is 5.32 Å². The van der Waals surface area contributed by atoms with Crippen LogP contribution in [0.1, 0.15) is 12.5 Å². The van der Waals surface area contributed by atoms with Gasteiger partial charge in [0.2, 0.25) is 5.91 Å². The number of amides is 1. The van der Waals surface area contributed by atoms with Gasteiger partial charge in [0.05, 0.1) is 5.25 Å². The summed E-state index contributed by atoms with van der Waals surface area (Å²) >= 11 is 7.30. The zero-order valence-corrected chi connectivity index (χ0v) is 15.6. The van der Waals surface area contributed by atoms with Crippen LogP contribution in [0.2, 0.25) is 5.02 Å². The first kappa shape index (κ1) is 18.5. The maximum absolute atomic E-state index is 12.9. The zero-order chi connectivity index (χ0) is 18.5. The Labute approximate surface area is 160 Å². The minimum absolute atomic E-state index is 0.106. The van der Waals surface area contributed by atoms with Gasteiger partial charge in [-0.15, -0.1) is 0 Å². The van der Waals surface area contributed by atoms with Crippen LogP contribution in [0.25, 0.3) is 5.69 Å². The summed E-state index contributed by atoms with van der Waals surface area (Å²) in [6.07, 6.45) is 3.54. The third kappa shape index (κ3) is 4.65. The molecule has 134 valence electrons. The number of hydrogen-bond donors (Lipinski definition) is 1. The van der Waals surface area contributed by atoms with Gasteiger partial charge in [0.25, 0.3) is 0 Å². The van der Waals surface area contributed by atoms with Crippen molar-refractivity contribution in [1.82, 2.24) is 14.9 Å². The Morgan fingerprint density at radius 3 is 2.62 bits per heavy atom. The number of carbonyl (C=O) groups excluding carboxylic acids is 1. The average molecular weight is 390 g/mol. The van der Waals surface area contributed by atoms with E-state index < -0.39 is 0 Å². The van der Waals surface area contributed by atoms with Gasteiger partial charge >= 0.3 is 0 Å². The van der Waals surface area contributed by atoms with Crippen molar-refractivity contribution in [1.29, 1.82) is 0 Å². The Morgan fingerprint density at radius 2 is 1.92 bits per heavy atom. The highest BCUT2D eigenvalue weighted by molar-refractivity contribution is 8.00. The highest BCUT2D eigenvalue weighted by Crippen LogP contribution is 2.25. The molecule has 0 aliphatic rings. The van der Waals surface area contributed by atoms with Gasteiger partial charge < -0.3 is 5.32 Å². The summed E-state index contributed by atoms with van der Waals surface area (Å²) < 4.78 is 14.8. The Hall–Kier alpha value is -2.31. The number of rotatable bonds is 6. The van der Waals surface area contributed by atoms with E-state index in [4.69, 9.17) is 11.6 Å². The van der Waals surface area contributed by atoms with Crippen molar-refractivity contribution in [2.75, 3.05) is 0 Å². The summed E-state index contributed by atoms with van der Waals surface area (Å²) in [6.45, 7) is 2.18. The van der Waals surface area contributed by atoms with Crippen LogP contribution in [0.15, 0.2) is 66.1 Å². The lowest BCUT2D eigenvalue weighted by atomic mass is 10.2. The number of nitrogens with zero attached hydrogens (tertiary/aromatic N) is 2. The Kier molecular flexibility index (Phi) is 5.96. The van der Waals surface area contributed by atoms with Crippen molar-refractivity contribution in [2.45, 2.75) is 23.9 Å². The molecule has 0 unspecified atom stereocenters. The first-order valence-electron chi connectivity index (χ1n) is 8.01. The molecule has 0 bridgehead atoms. The van der Waals surface area contributed by atoms with Gasteiger partial charge in [-0.2, -0.15) is 0 Å². The van der Waals surface area contributed by atoms with E-state index in [1.54, 1.807) is 18.3 Å². The lowest BCUT2D eigenvalue weighted by Crippen LogP contribution is -2.30. The number of halogens is 2. The standard InChI is InChI=1S/C19H17ClFN3OS/c1-13(18(25)23-12-14-2-6-16(21)7-3-14)26-19-22-10-11-24(19)17-8-4-15(20)5-9-17/h2-11,13H,12H2,1H3,(H,23,25)/t13-/m0/s1. The van der Waals surface area contributed by atoms with Gasteiger partial charge in [-0.1, -0.05) is 35.5 Å². The van der Waals surface area contributed by atoms with Crippen molar-refractivity contribution in [2.24, 2.45) is 0 Å². The van der Waals surface area contributed by atoms with E-state index in [-0.39, 0.29) is 17.0 Å². The summed E-state index contributed by atoms with van der Waals surface area (Å²) in [5.74, 6) is -0.400. The number of aromatic nitrogens is 2. The molecule has 0 fully saturated rings. The van der Waals surface area contributed by atoms with Crippen LogP contribution >= 0.6 is 23.4 Å². The second kappa shape index (κ2) is 8.38. The molecule has 1 atom stereocenters. The molecule has 2 aromatic carbocycles. The van der Waals surface area contributed by atoms with Crippen LogP contribution in [0.5, 0.6) is 0 Å². The molecule has 0 spiro atoms. The second-order valence-corrected chi connectivity index (χ2v) is 7.40. The van der Waals surface area contributed by atoms with E-state index in [1.165, 1.54) is 23.9 Å². The molecule has 0 saturated carbocycles. The van der Waals surface area contributed by atoms with Crippen molar-refractivity contribution in [3.8, 4) is 5.69 Å². The normalized spacial score (nSPS) is 12.0. The molecular weight excluding hydrogens is 373 g/mol. The lowest BCUT2D eigenvalue weighted by Gasteiger charge is -2.13. The highest BCUT2D eigenvalue weighted by atomic mass is 35.5. The van der Waals surface area contributed by atoms with Gasteiger partial charge in [0, 0.05) is 29.6 Å². The molecule has 0 radical (unpaired) electrons. The third-order valence-electron chi connectivity index (χ3n) is 3.74. The Bertz CT molecular complexity index is 881. The molecule has 1 N–H and O–H groups in total. The van der Waals surface area contributed by atoms with Gasteiger partial charge in [-0.25, -0.2) is 9.37 Å². The lowest BCUT2D eigenvalue weighted by molar-refractivity contribution is -0.120. The third-order valence-corrected chi connectivity index (χ3v) is 5.08. The number of carbonyl (C=O) groups is 1. The quantitative estimate of drug-likeness (QED) is 0.633. The number of benzene rings is 2. The predicted octanol–water partition coefficient (Wildman–Crippen LogP) is 4.46. The largest absolute Gasteiger partial charge is 0.351 e. The van der Waals surface area contributed by atoms with Crippen LogP contribution in [0.4, 0.5) is 4.39 Å². The molecule has 3 rings (SSSR count). The average Bonchev–Trinajstić information content (AvgIpc) is 3.09. The van der Waals surface area contributed by atoms with Crippen molar-refractivity contribution in [3.63, 3.8) is 0 Å². The van der Waals surface area contributed by atoms with Crippen LogP contribution in [-0.2, 0) is 11.3 Å². The minimum Gasteiger partial charge on any atom is -0.351 e. The molecule has 7 heteroatoms. The fourth-order valence-electron chi connectivity index (χ4n) is 2.32. The summed E-state index contributed by atoms with van der Waals surface area (Å²) in [4.78, 5) is 16.7. The Morgan fingerprint density at radius 1 is 1.23 bits per heavy atom. The van der Waals surface area contributed by atoms with Crippen LogP contribution in [-0.4, -0.2) is 20.7 Å². The van der Waals surface area contributed by atoms with Crippen molar-refractivity contribution < 1.29 is 9.18 Å². The molecule has 3 aromatic rings. The van der Waals surface area contributed by atoms with Crippen molar-refractivity contribution in [3.05, 3.63) is 77.3 Å². The van der Waals surface area contributed by atoms with Crippen LogP contribution in [0.3, 0.4) is 0 Å². The zero-order valence-electron chi connectivity index (χ0n) is 14.0. The summed E-state index contributed by atoms with van der Waals surface area (Å²) in [6, 6.07) is 13.5. The molecule has 26 heavy (non-hydrogen) atoms. The number of imidazole rings is 1. The molecule has 0 aliphatic heterocycles. The molecule has 0 aliphatic carbocycles. The monoisotopic (exact) mass is 389 g/mol. The second-order valence-electron chi connectivity index (χ2n) is 5.66. The maximum atomic E-state index is 12.9. The first-order chi connectivity index (χ1) is 12.5. The Balaban J connectivity index is 1.62. The molecule has 4 nitrogen and oxygen atoms in total. The van der Waals surface area contributed by atoms with Crippen LogP contribution in [0, 0.1) is 5.82 Å². The number of hydrogen-bond acceptors (Lipinski definition) is 3. The molecule has 1 amide bonds. The highest BCUT2D eigenvalue weighted by Gasteiger charge is 2.17. The fourth-order valence-corrected chi connectivity index (χ4v) is 3.36. The number of nitrogens with one attached hydrogen (secondary N) is 1. The first-order valence-corrected chi connectivity index (χ1v) is 9.27. The maximum Gasteiger partial charge on any atom is 0.233 e. The SMILES string of the molecule is C[C@H](Sc1nccn1-c1ccc(Cl)cc1)C(=O)NCc1ccc(F)cc1. The summed E-state index contributed by atoms with van der Waals surface area (Å²) in [5.41, 5.74) is 1.77. The molecule has 1 heterocycles. The molecular formula is C19H17ClFN3OS. The van der Waals surface area contributed by atoms with E-state index >= 15 is 0 Å². The summed E-state index contributed by atoms with van der Waals surface area (Å²) in [5, 5.41) is 3.91. The van der Waals surface area contributed by atoms with Gasteiger partial charge in [-0.3, -0.25) is 9.36 Å². The van der Waals surface area contributed by atoms with E-state index in [2.05, 4.69) is 10.3 Å². The van der Waals surface area contributed by atoms with E-state index in [0.29, 0.717) is 11.6 Å². The summed E-state index contributed by atoms with van der Waals surface area (Å²) in [7, 11) is 0. The van der Waals surface area contributed by atoms with Gasteiger partial charge in [-0.05, 0) is 48.9 Å².